The first kappa shape index (κ1) is 13.3. The molecule has 2 aromatic rings. The zero-order valence-electron chi connectivity index (χ0n) is 12.3. The van der Waals surface area contributed by atoms with Gasteiger partial charge in [-0.2, -0.15) is 0 Å². The largest absolute Gasteiger partial charge is 0.330 e. The maximum Gasteiger partial charge on any atom is 0.137 e. The predicted octanol–water partition coefficient (Wildman–Crippen LogP) is 2.01. The summed E-state index contributed by atoms with van der Waals surface area (Å²) in [6, 6.07) is 6.62. The van der Waals surface area contributed by atoms with Crippen molar-refractivity contribution in [3.05, 3.63) is 46.5 Å². The molecule has 20 heavy (non-hydrogen) atoms. The third-order valence-corrected chi connectivity index (χ3v) is 4.39. The number of hydrogen-bond acceptors (Lipinski definition) is 3. The summed E-state index contributed by atoms with van der Waals surface area (Å²) in [6.07, 6.45) is 2.99. The van der Waals surface area contributed by atoms with Crippen LogP contribution in [0.2, 0.25) is 0 Å². The Hall–Kier alpha value is -1.68. The molecule has 2 N–H and O–H groups in total. The summed E-state index contributed by atoms with van der Waals surface area (Å²) in [5, 5.41) is 8.72. The quantitative estimate of drug-likeness (QED) is 0.928. The van der Waals surface area contributed by atoms with Crippen LogP contribution in [0.3, 0.4) is 0 Å². The van der Waals surface area contributed by atoms with Crippen molar-refractivity contribution in [2.75, 3.05) is 6.54 Å². The number of aryl methyl sites for hydroxylation is 3. The molecule has 0 bridgehead atoms. The van der Waals surface area contributed by atoms with E-state index in [1.54, 1.807) is 0 Å². The van der Waals surface area contributed by atoms with E-state index in [9.17, 15) is 0 Å². The summed E-state index contributed by atoms with van der Waals surface area (Å²) in [6.45, 7) is 6.02. The first-order chi connectivity index (χ1) is 9.67. The fourth-order valence-corrected chi connectivity index (χ4v) is 2.87. The number of nitrogens with two attached hydrogens (primary N) is 1. The number of aromatic nitrogens is 3. The van der Waals surface area contributed by atoms with Crippen molar-refractivity contribution in [2.45, 2.75) is 39.7 Å². The highest BCUT2D eigenvalue weighted by molar-refractivity contribution is 5.31. The van der Waals surface area contributed by atoms with Crippen molar-refractivity contribution in [1.82, 2.24) is 14.8 Å². The second-order valence-electron chi connectivity index (χ2n) is 5.88. The van der Waals surface area contributed by atoms with Crippen LogP contribution in [0.1, 0.15) is 34.8 Å². The Balaban J connectivity index is 1.85. The van der Waals surface area contributed by atoms with Crippen LogP contribution in [-0.4, -0.2) is 21.3 Å². The number of nitrogens with zero attached hydrogens (tertiary/aromatic N) is 3. The first-order valence-corrected chi connectivity index (χ1v) is 7.34. The fourth-order valence-electron chi connectivity index (χ4n) is 2.87. The molecule has 1 unspecified atom stereocenters. The van der Waals surface area contributed by atoms with E-state index in [-0.39, 0.29) is 0 Å². The zero-order chi connectivity index (χ0) is 14.1. The van der Waals surface area contributed by atoms with E-state index >= 15 is 0 Å². The molecule has 1 aromatic heterocycles. The molecule has 1 aliphatic rings. The molecule has 3 rings (SSSR count). The molecule has 1 aromatic carbocycles. The molecular weight excluding hydrogens is 248 g/mol. The summed E-state index contributed by atoms with van der Waals surface area (Å²) in [4.78, 5) is 0. The molecule has 4 heteroatoms. The average Bonchev–Trinajstić information content (AvgIpc) is 2.85. The molecule has 0 amide bonds. The smallest absolute Gasteiger partial charge is 0.137 e. The van der Waals surface area contributed by atoms with Crippen LogP contribution in [0.15, 0.2) is 18.2 Å². The van der Waals surface area contributed by atoms with Crippen molar-refractivity contribution >= 4 is 0 Å². The van der Waals surface area contributed by atoms with Crippen LogP contribution in [0.5, 0.6) is 0 Å². The van der Waals surface area contributed by atoms with E-state index in [1.807, 2.05) is 0 Å². The topological polar surface area (TPSA) is 56.7 Å². The first-order valence-electron chi connectivity index (χ1n) is 7.34. The van der Waals surface area contributed by atoms with Gasteiger partial charge in [0.25, 0.3) is 0 Å². The molecule has 0 spiro atoms. The third-order valence-electron chi connectivity index (χ3n) is 4.39. The van der Waals surface area contributed by atoms with E-state index < -0.39 is 0 Å². The fraction of sp³-hybridized carbons (Fsp3) is 0.500. The van der Waals surface area contributed by atoms with Gasteiger partial charge >= 0.3 is 0 Å². The maximum absolute atomic E-state index is 5.81. The molecule has 106 valence electrons. The van der Waals surface area contributed by atoms with Crippen molar-refractivity contribution in [1.29, 1.82) is 0 Å². The summed E-state index contributed by atoms with van der Waals surface area (Å²) >= 11 is 0. The molecular formula is C16H22N4. The number of fused-ring (bicyclic) bond motifs is 1. The minimum Gasteiger partial charge on any atom is -0.330 e. The Morgan fingerprint density at radius 1 is 1.25 bits per heavy atom. The van der Waals surface area contributed by atoms with Gasteiger partial charge in [-0.25, -0.2) is 0 Å². The molecule has 2 heterocycles. The molecule has 0 fully saturated rings. The SMILES string of the molecule is Cc1ccc(Cc2nnc3n2CC(CN)CC3)cc1C. The molecule has 0 saturated heterocycles. The number of rotatable bonds is 3. The predicted molar refractivity (Wildman–Crippen MR) is 79.6 cm³/mol. The lowest BCUT2D eigenvalue weighted by Gasteiger charge is -2.23. The van der Waals surface area contributed by atoms with Crippen molar-refractivity contribution in [2.24, 2.45) is 11.7 Å². The molecule has 0 aliphatic carbocycles. The second-order valence-corrected chi connectivity index (χ2v) is 5.88. The Morgan fingerprint density at radius 3 is 2.85 bits per heavy atom. The molecule has 4 nitrogen and oxygen atoms in total. The van der Waals surface area contributed by atoms with Crippen LogP contribution in [-0.2, 0) is 19.4 Å². The Bertz CT molecular complexity index is 615. The van der Waals surface area contributed by atoms with Gasteiger partial charge < -0.3 is 10.3 Å². The van der Waals surface area contributed by atoms with Gasteiger partial charge in [0, 0.05) is 19.4 Å². The Kier molecular flexibility index (Phi) is 3.57. The van der Waals surface area contributed by atoms with Gasteiger partial charge in [-0.3, -0.25) is 0 Å². The van der Waals surface area contributed by atoms with Crippen LogP contribution >= 0.6 is 0 Å². The van der Waals surface area contributed by atoms with Gasteiger partial charge in [0.15, 0.2) is 0 Å². The van der Waals surface area contributed by atoms with E-state index in [0.29, 0.717) is 5.92 Å². The van der Waals surface area contributed by atoms with E-state index in [2.05, 4.69) is 46.8 Å². The van der Waals surface area contributed by atoms with Crippen LogP contribution in [0.4, 0.5) is 0 Å². The lowest BCUT2D eigenvalue weighted by Crippen LogP contribution is -2.27. The summed E-state index contributed by atoms with van der Waals surface area (Å²) < 4.78 is 2.27. The number of hydrogen-bond donors (Lipinski definition) is 1. The van der Waals surface area contributed by atoms with Crippen molar-refractivity contribution < 1.29 is 0 Å². The van der Waals surface area contributed by atoms with E-state index in [4.69, 9.17) is 5.73 Å². The monoisotopic (exact) mass is 270 g/mol. The van der Waals surface area contributed by atoms with Crippen LogP contribution in [0.25, 0.3) is 0 Å². The molecule has 0 saturated carbocycles. The van der Waals surface area contributed by atoms with E-state index in [1.165, 1.54) is 16.7 Å². The summed E-state index contributed by atoms with van der Waals surface area (Å²) in [5.41, 5.74) is 9.79. The standard InChI is InChI=1S/C16H22N4/c1-11-3-4-13(7-12(11)2)8-16-19-18-15-6-5-14(9-17)10-20(15)16/h3-4,7,14H,5-6,8-10,17H2,1-2H3. The van der Waals surface area contributed by atoms with E-state index in [0.717, 1.165) is 44.0 Å². The van der Waals surface area contributed by atoms with Gasteiger partial charge in [-0.1, -0.05) is 18.2 Å². The van der Waals surface area contributed by atoms with Gasteiger partial charge in [-0.05, 0) is 49.4 Å². The van der Waals surface area contributed by atoms with Crippen molar-refractivity contribution in [3.8, 4) is 0 Å². The zero-order valence-corrected chi connectivity index (χ0v) is 12.3. The Labute approximate surface area is 120 Å². The van der Waals surface area contributed by atoms with Gasteiger partial charge in [0.2, 0.25) is 0 Å². The minimum atomic E-state index is 0.567. The summed E-state index contributed by atoms with van der Waals surface area (Å²) in [5.74, 6) is 2.76. The molecule has 1 aliphatic heterocycles. The maximum atomic E-state index is 5.81. The number of benzene rings is 1. The molecule has 0 radical (unpaired) electrons. The van der Waals surface area contributed by atoms with Gasteiger partial charge in [0.05, 0.1) is 0 Å². The molecule has 1 atom stereocenters. The van der Waals surface area contributed by atoms with Gasteiger partial charge in [-0.15, -0.1) is 10.2 Å². The summed E-state index contributed by atoms with van der Waals surface area (Å²) in [7, 11) is 0. The minimum absolute atomic E-state index is 0.567. The van der Waals surface area contributed by atoms with Crippen LogP contribution in [0, 0.1) is 19.8 Å². The average molecular weight is 270 g/mol. The Morgan fingerprint density at radius 2 is 2.10 bits per heavy atom. The second kappa shape index (κ2) is 5.37. The lowest BCUT2D eigenvalue weighted by atomic mass is 9.99. The highest BCUT2D eigenvalue weighted by atomic mass is 15.3. The third kappa shape index (κ3) is 2.48. The van der Waals surface area contributed by atoms with Gasteiger partial charge in [0.1, 0.15) is 11.6 Å². The lowest BCUT2D eigenvalue weighted by molar-refractivity contribution is 0.368. The highest BCUT2D eigenvalue weighted by Gasteiger charge is 2.21. The normalized spacial score (nSPS) is 18.1. The van der Waals surface area contributed by atoms with Crippen LogP contribution < -0.4 is 5.73 Å². The van der Waals surface area contributed by atoms with Crippen molar-refractivity contribution in [3.63, 3.8) is 0 Å². The highest BCUT2D eigenvalue weighted by Crippen LogP contribution is 2.21.